The van der Waals surface area contributed by atoms with E-state index < -0.39 is 0 Å². The maximum Gasteiger partial charge on any atom is 0.258 e. The van der Waals surface area contributed by atoms with Gasteiger partial charge in [-0.15, -0.1) is 0 Å². The summed E-state index contributed by atoms with van der Waals surface area (Å²) in [5.41, 5.74) is 6.24. The van der Waals surface area contributed by atoms with E-state index in [2.05, 4.69) is 10.3 Å². The Morgan fingerprint density at radius 3 is 2.89 bits per heavy atom. The molecule has 1 aliphatic rings. The largest absolute Gasteiger partial charge is 0.482 e. The van der Waals surface area contributed by atoms with Gasteiger partial charge in [0.05, 0.1) is 11.9 Å². The lowest BCUT2D eigenvalue weighted by molar-refractivity contribution is -0.124. The van der Waals surface area contributed by atoms with Gasteiger partial charge in [-0.1, -0.05) is 0 Å². The number of nitrogens with two attached hydrogens (primary N) is 1. The van der Waals surface area contributed by atoms with Crippen molar-refractivity contribution in [3.8, 4) is 5.75 Å². The van der Waals surface area contributed by atoms with Crippen molar-refractivity contribution < 1.29 is 14.3 Å². The molecular formula is C13H19N3O3. The number of hydrogen-bond acceptors (Lipinski definition) is 5. The van der Waals surface area contributed by atoms with E-state index in [1.807, 2.05) is 0 Å². The average Bonchev–Trinajstić information content (AvgIpc) is 2.47. The molecule has 1 aromatic rings. The number of amides is 1. The minimum atomic E-state index is -0.116. The van der Waals surface area contributed by atoms with Crippen LogP contribution in [0.5, 0.6) is 5.75 Å². The Kier molecular flexibility index (Phi) is 5.11. The van der Waals surface area contributed by atoms with Gasteiger partial charge in [-0.3, -0.25) is 9.78 Å². The number of hydrogen-bond donors (Lipinski definition) is 2. The van der Waals surface area contributed by atoms with E-state index in [0.717, 1.165) is 18.5 Å². The first-order valence-corrected chi connectivity index (χ1v) is 6.43. The number of rotatable bonds is 5. The minimum Gasteiger partial charge on any atom is -0.482 e. The number of pyridine rings is 1. The molecule has 1 saturated heterocycles. The molecule has 6 heteroatoms. The predicted octanol–water partition coefficient (Wildman–Crippen LogP) is 0.214. The van der Waals surface area contributed by atoms with Crippen LogP contribution in [0.15, 0.2) is 18.3 Å². The van der Waals surface area contributed by atoms with Crippen LogP contribution in [0.2, 0.25) is 0 Å². The lowest BCUT2D eigenvalue weighted by atomic mass is 10.1. The van der Waals surface area contributed by atoms with Crippen LogP contribution < -0.4 is 15.8 Å². The maximum atomic E-state index is 11.7. The summed E-state index contributed by atoms with van der Waals surface area (Å²) in [5, 5.41) is 2.93. The molecule has 3 N–H and O–H groups in total. The molecule has 2 heterocycles. The van der Waals surface area contributed by atoms with Crippen LogP contribution in [-0.2, 0) is 16.1 Å². The Balaban J connectivity index is 1.72. The smallest absolute Gasteiger partial charge is 0.258 e. The van der Waals surface area contributed by atoms with Crippen molar-refractivity contribution in [2.24, 2.45) is 5.73 Å². The molecule has 1 aliphatic heterocycles. The summed E-state index contributed by atoms with van der Waals surface area (Å²) < 4.78 is 10.6. The van der Waals surface area contributed by atoms with E-state index in [9.17, 15) is 4.79 Å². The molecule has 104 valence electrons. The fourth-order valence-corrected chi connectivity index (χ4v) is 1.88. The van der Waals surface area contributed by atoms with Gasteiger partial charge in [0, 0.05) is 25.8 Å². The highest BCUT2D eigenvalue weighted by Crippen LogP contribution is 2.09. The molecule has 0 radical (unpaired) electrons. The molecular weight excluding hydrogens is 246 g/mol. The summed E-state index contributed by atoms with van der Waals surface area (Å²) in [5.74, 6) is 0.453. The van der Waals surface area contributed by atoms with E-state index in [4.69, 9.17) is 15.2 Å². The number of carbonyl (C=O) groups excluding carboxylic acids is 1. The summed E-state index contributed by atoms with van der Waals surface area (Å²) in [6.07, 6.45) is 3.29. The summed E-state index contributed by atoms with van der Waals surface area (Å²) in [4.78, 5) is 15.8. The van der Waals surface area contributed by atoms with Crippen LogP contribution >= 0.6 is 0 Å². The van der Waals surface area contributed by atoms with Gasteiger partial charge < -0.3 is 20.5 Å². The third-order valence-corrected chi connectivity index (χ3v) is 2.96. The lowest BCUT2D eigenvalue weighted by Crippen LogP contribution is -2.41. The maximum absolute atomic E-state index is 11.7. The number of nitrogens with one attached hydrogen (secondary N) is 1. The molecule has 2 rings (SSSR count). The molecule has 0 saturated carbocycles. The zero-order valence-electron chi connectivity index (χ0n) is 10.8. The van der Waals surface area contributed by atoms with Gasteiger partial charge in [0.1, 0.15) is 5.75 Å². The Hall–Kier alpha value is -1.66. The molecule has 1 fully saturated rings. The Morgan fingerprint density at radius 2 is 2.26 bits per heavy atom. The Morgan fingerprint density at radius 1 is 1.47 bits per heavy atom. The van der Waals surface area contributed by atoms with Crippen LogP contribution in [0.25, 0.3) is 0 Å². The van der Waals surface area contributed by atoms with E-state index >= 15 is 0 Å². The second-order valence-corrected chi connectivity index (χ2v) is 4.43. The van der Waals surface area contributed by atoms with Gasteiger partial charge in [-0.05, 0) is 25.0 Å². The highest BCUT2D eigenvalue weighted by Gasteiger charge is 2.16. The van der Waals surface area contributed by atoms with Crippen LogP contribution in [0.1, 0.15) is 18.5 Å². The van der Waals surface area contributed by atoms with Crippen LogP contribution in [0, 0.1) is 0 Å². The Labute approximate surface area is 112 Å². The zero-order valence-corrected chi connectivity index (χ0v) is 10.8. The predicted molar refractivity (Wildman–Crippen MR) is 69.6 cm³/mol. The van der Waals surface area contributed by atoms with Gasteiger partial charge in [-0.2, -0.15) is 0 Å². The molecule has 0 spiro atoms. The summed E-state index contributed by atoms with van der Waals surface area (Å²) in [7, 11) is 0. The number of carbonyl (C=O) groups is 1. The number of ether oxygens (including phenoxy) is 2. The second kappa shape index (κ2) is 7.06. The molecule has 1 aromatic heterocycles. The molecule has 0 unspecified atom stereocenters. The van der Waals surface area contributed by atoms with E-state index in [1.165, 1.54) is 0 Å². The first-order valence-electron chi connectivity index (χ1n) is 6.43. The lowest BCUT2D eigenvalue weighted by Gasteiger charge is -2.23. The Bertz CT molecular complexity index is 402. The van der Waals surface area contributed by atoms with Crippen LogP contribution in [0.4, 0.5) is 0 Å². The van der Waals surface area contributed by atoms with Crippen molar-refractivity contribution in [2.75, 3.05) is 19.8 Å². The normalized spacial score (nSPS) is 16.1. The highest BCUT2D eigenvalue weighted by molar-refractivity contribution is 5.77. The zero-order chi connectivity index (χ0) is 13.5. The average molecular weight is 265 g/mol. The molecule has 0 bridgehead atoms. The van der Waals surface area contributed by atoms with Gasteiger partial charge in [0.25, 0.3) is 5.91 Å². The summed E-state index contributed by atoms with van der Waals surface area (Å²) >= 11 is 0. The van der Waals surface area contributed by atoms with E-state index in [1.54, 1.807) is 18.3 Å². The SMILES string of the molecule is NCc1ccc(OCC(=O)NC2CCOCC2)cn1. The molecule has 1 amide bonds. The van der Waals surface area contributed by atoms with Crippen molar-refractivity contribution in [1.29, 1.82) is 0 Å². The quantitative estimate of drug-likeness (QED) is 0.795. The van der Waals surface area contributed by atoms with Gasteiger partial charge in [0.2, 0.25) is 0 Å². The highest BCUT2D eigenvalue weighted by atomic mass is 16.5. The van der Waals surface area contributed by atoms with Crippen molar-refractivity contribution >= 4 is 5.91 Å². The summed E-state index contributed by atoms with van der Waals surface area (Å²) in [6, 6.07) is 3.74. The van der Waals surface area contributed by atoms with E-state index in [-0.39, 0.29) is 18.6 Å². The molecule has 6 nitrogen and oxygen atoms in total. The number of aromatic nitrogens is 1. The molecule has 0 aromatic carbocycles. The van der Waals surface area contributed by atoms with Crippen molar-refractivity contribution in [1.82, 2.24) is 10.3 Å². The topological polar surface area (TPSA) is 86.5 Å². The van der Waals surface area contributed by atoms with Gasteiger partial charge in [0.15, 0.2) is 6.61 Å². The van der Waals surface area contributed by atoms with Crippen molar-refractivity contribution in [3.05, 3.63) is 24.0 Å². The second-order valence-electron chi connectivity index (χ2n) is 4.43. The fourth-order valence-electron chi connectivity index (χ4n) is 1.88. The minimum absolute atomic E-state index is 0.00100. The van der Waals surface area contributed by atoms with Gasteiger partial charge >= 0.3 is 0 Å². The first kappa shape index (κ1) is 13.8. The third-order valence-electron chi connectivity index (χ3n) is 2.96. The monoisotopic (exact) mass is 265 g/mol. The molecule has 0 aliphatic carbocycles. The molecule has 19 heavy (non-hydrogen) atoms. The van der Waals surface area contributed by atoms with Crippen molar-refractivity contribution in [3.63, 3.8) is 0 Å². The summed E-state index contributed by atoms with van der Waals surface area (Å²) in [6.45, 7) is 1.80. The van der Waals surface area contributed by atoms with Gasteiger partial charge in [-0.25, -0.2) is 0 Å². The fraction of sp³-hybridized carbons (Fsp3) is 0.538. The first-order chi connectivity index (χ1) is 9.28. The third kappa shape index (κ3) is 4.50. The van der Waals surface area contributed by atoms with Crippen molar-refractivity contribution in [2.45, 2.75) is 25.4 Å². The number of nitrogens with zero attached hydrogens (tertiary/aromatic N) is 1. The standard InChI is InChI=1S/C13H19N3O3/c14-7-11-1-2-12(8-15-11)19-9-13(17)16-10-3-5-18-6-4-10/h1-2,8,10H,3-7,9,14H2,(H,16,17). The van der Waals surface area contributed by atoms with E-state index in [0.29, 0.717) is 25.5 Å². The van der Waals surface area contributed by atoms with Crippen LogP contribution in [0.3, 0.4) is 0 Å². The van der Waals surface area contributed by atoms with Crippen LogP contribution in [-0.4, -0.2) is 36.8 Å². The molecule has 0 atom stereocenters.